The molecule has 0 bridgehead atoms. The van der Waals surface area contributed by atoms with Crippen LogP contribution in [0.1, 0.15) is 29.2 Å². The first kappa shape index (κ1) is 18.7. The largest absolute Gasteiger partial charge is 0.205 e. The van der Waals surface area contributed by atoms with Gasteiger partial charge in [0.15, 0.2) is 5.82 Å². The summed E-state index contributed by atoms with van der Waals surface area (Å²) < 4.78 is 14.1. The van der Waals surface area contributed by atoms with Gasteiger partial charge in [-0.1, -0.05) is 55.2 Å². The first-order valence-corrected chi connectivity index (χ1v) is 9.11. The van der Waals surface area contributed by atoms with Gasteiger partial charge in [0.2, 0.25) is 0 Å². The molecule has 132 valence electrons. The number of rotatable bonds is 3. The van der Waals surface area contributed by atoms with Crippen LogP contribution < -0.4 is 0 Å². The third kappa shape index (κ3) is 4.57. The van der Waals surface area contributed by atoms with E-state index < -0.39 is 5.82 Å². The maximum Gasteiger partial charge on any atom is 0.151 e. The minimum absolute atomic E-state index is 0.217. The quantitative estimate of drug-likeness (QED) is 0.291. The Bertz CT molecular complexity index is 1040. The summed E-state index contributed by atoms with van der Waals surface area (Å²) in [4.78, 5) is 3.76. The zero-order valence-electron chi connectivity index (χ0n) is 15.2. The highest BCUT2D eigenvalue weighted by Gasteiger charge is 2.06. The lowest BCUT2D eigenvalue weighted by atomic mass is 10.0. The van der Waals surface area contributed by atoms with Gasteiger partial charge in [-0.3, -0.25) is 0 Å². The monoisotopic (exact) mass is 371 g/mol. The van der Waals surface area contributed by atoms with E-state index >= 15 is 0 Å². The Morgan fingerprint density at radius 1 is 0.889 bits per heavy atom. The Balaban J connectivity index is 1.82. The van der Waals surface area contributed by atoms with Crippen molar-refractivity contribution in [2.24, 2.45) is 4.99 Å². The van der Waals surface area contributed by atoms with Crippen LogP contribution in [0.3, 0.4) is 0 Å². The minimum atomic E-state index is -0.442. The second-order valence-electron chi connectivity index (χ2n) is 6.20. The number of aryl methyl sites for hydroxylation is 2. The molecule has 3 heteroatoms. The van der Waals surface area contributed by atoms with Gasteiger partial charge in [-0.05, 0) is 72.1 Å². The lowest BCUT2D eigenvalue weighted by Gasteiger charge is -2.03. The van der Waals surface area contributed by atoms with Crippen LogP contribution in [0, 0.1) is 24.6 Å². The number of aliphatic imine (C=N–C) groups is 1. The summed E-state index contributed by atoms with van der Waals surface area (Å²) in [6, 6.07) is 19.8. The summed E-state index contributed by atoms with van der Waals surface area (Å²) in [5.74, 6) is 5.65. The Morgan fingerprint density at radius 2 is 1.48 bits per heavy atom. The molecule has 3 aromatic rings. The van der Waals surface area contributed by atoms with E-state index in [1.54, 1.807) is 13.0 Å². The zero-order valence-corrected chi connectivity index (χ0v) is 16.0. The molecule has 0 aliphatic carbocycles. The van der Waals surface area contributed by atoms with Crippen molar-refractivity contribution in [3.63, 3.8) is 0 Å². The summed E-state index contributed by atoms with van der Waals surface area (Å²) in [5, 5.41) is 2.20. The third-order valence-electron chi connectivity index (χ3n) is 4.34. The molecule has 0 fully saturated rings. The average Bonchev–Trinajstić information content (AvgIpc) is 2.70. The van der Waals surface area contributed by atoms with Crippen LogP contribution in [0.25, 0.3) is 11.1 Å². The molecular weight excluding hydrogens is 353 g/mol. The van der Waals surface area contributed by atoms with E-state index in [-0.39, 0.29) is 5.69 Å². The number of nitrogens with zero attached hydrogens (tertiary/aromatic N) is 1. The smallest absolute Gasteiger partial charge is 0.151 e. The molecule has 3 aromatic carbocycles. The van der Waals surface area contributed by atoms with Crippen molar-refractivity contribution >= 4 is 23.1 Å². The van der Waals surface area contributed by atoms with Crippen molar-refractivity contribution in [3.05, 3.63) is 88.7 Å². The summed E-state index contributed by atoms with van der Waals surface area (Å²) in [6.07, 6.45) is 1.04. The van der Waals surface area contributed by atoms with Gasteiger partial charge in [-0.25, -0.2) is 4.39 Å². The van der Waals surface area contributed by atoms with Gasteiger partial charge in [0.05, 0.1) is 5.16 Å². The highest BCUT2D eigenvalue weighted by molar-refractivity contribution is 7.78. The van der Waals surface area contributed by atoms with Crippen LogP contribution in [0.4, 0.5) is 10.1 Å². The van der Waals surface area contributed by atoms with Crippen molar-refractivity contribution in [2.45, 2.75) is 20.3 Å². The fraction of sp³-hybridized carbons (Fsp3) is 0.125. The van der Waals surface area contributed by atoms with Gasteiger partial charge in [-0.15, -0.1) is 0 Å². The summed E-state index contributed by atoms with van der Waals surface area (Å²) in [5.41, 5.74) is 6.03. The molecule has 0 radical (unpaired) electrons. The number of benzene rings is 3. The van der Waals surface area contributed by atoms with Crippen LogP contribution in [-0.4, -0.2) is 5.16 Å². The molecule has 27 heavy (non-hydrogen) atoms. The molecule has 0 N–H and O–H groups in total. The van der Waals surface area contributed by atoms with E-state index in [1.807, 2.05) is 24.3 Å². The van der Waals surface area contributed by atoms with Crippen molar-refractivity contribution < 1.29 is 4.39 Å². The predicted molar refractivity (Wildman–Crippen MR) is 113 cm³/mol. The van der Waals surface area contributed by atoms with Crippen LogP contribution in [-0.2, 0) is 6.42 Å². The maximum atomic E-state index is 14.1. The summed E-state index contributed by atoms with van der Waals surface area (Å²) in [6.45, 7) is 3.92. The van der Waals surface area contributed by atoms with Gasteiger partial charge in [0, 0.05) is 11.1 Å². The second-order valence-corrected chi connectivity index (χ2v) is 6.39. The van der Waals surface area contributed by atoms with Crippen LogP contribution in [0.5, 0.6) is 0 Å². The van der Waals surface area contributed by atoms with E-state index in [0.717, 1.165) is 17.5 Å². The summed E-state index contributed by atoms with van der Waals surface area (Å²) >= 11 is 4.55. The third-order valence-corrected chi connectivity index (χ3v) is 4.43. The number of thiocarbonyl (C=S) groups is 1. The molecule has 0 aromatic heterocycles. The molecule has 0 saturated carbocycles. The highest BCUT2D eigenvalue weighted by Crippen LogP contribution is 2.24. The molecule has 0 aliphatic rings. The predicted octanol–water partition coefficient (Wildman–Crippen LogP) is 6.50. The first-order chi connectivity index (χ1) is 13.1. The average molecular weight is 371 g/mol. The van der Waals surface area contributed by atoms with E-state index in [2.05, 4.69) is 65.4 Å². The maximum absolute atomic E-state index is 14.1. The molecule has 0 atom stereocenters. The van der Waals surface area contributed by atoms with Gasteiger partial charge in [0.25, 0.3) is 0 Å². The molecule has 0 aliphatic heterocycles. The van der Waals surface area contributed by atoms with Crippen LogP contribution in [0.15, 0.2) is 65.7 Å². The molecule has 0 amide bonds. The Hall–Kier alpha value is -3.05. The summed E-state index contributed by atoms with van der Waals surface area (Å²) in [7, 11) is 0. The zero-order chi connectivity index (χ0) is 19.2. The van der Waals surface area contributed by atoms with Gasteiger partial charge in [0.1, 0.15) is 5.69 Å². The van der Waals surface area contributed by atoms with E-state index in [9.17, 15) is 4.39 Å². The van der Waals surface area contributed by atoms with E-state index in [0.29, 0.717) is 11.1 Å². The number of hydrogen-bond acceptors (Lipinski definition) is 2. The fourth-order valence-electron chi connectivity index (χ4n) is 2.82. The highest BCUT2D eigenvalue weighted by atomic mass is 32.1. The number of hydrogen-bond donors (Lipinski definition) is 0. The van der Waals surface area contributed by atoms with E-state index in [4.69, 9.17) is 0 Å². The van der Waals surface area contributed by atoms with Crippen molar-refractivity contribution in [2.75, 3.05) is 0 Å². The van der Waals surface area contributed by atoms with Crippen molar-refractivity contribution in [1.82, 2.24) is 0 Å². The number of halogens is 1. The normalized spacial score (nSPS) is 9.89. The SMILES string of the molecule is CCc1ccc(-c2ccc(C#Cc3cc(C)c(N=C=S)c(F)c3)cc2)cc1. The Morgan fingerprint density at radius 3 is 2.04 bits per heavy atom. The van der Waals surface area contributed by atoms with Gasteiger partial charge in [-0.2, -0.15) is 4.99 Å². The van der Waals surface area contributed by atoms with Gasteiger partial charge >= 0.3 is 0 Å². The minimum Gasteiger partial charge on any atom is -0.205 e. The molecule has 1 nitrogen and oxygen atoms in total. The molecule has 0 heterocycles. The topological polar surface area (TPSA) is 12.4 Å². The standard InChI is InChI=1S/C24H18FNS/c1-3-18-6-10-21(11-7-18)22-12-8-19(9-13-22)4-5-20-14-17(2)24(26-16-27)23(25)15-20/h6-15H,3H2,1-2H3. The van der Waals surface area contributed by atoms with Gasteiger partial charge < -0.3 is 0 Å². The van der Waals surface area contributed by atoms with Crippen molar-refractivity contribution in [3.8, 4) is 23.0 Å². The second kappa shape index (κ2) is 8.56. The molecular formula is C24H18FNS. The Labute approximate surface area is 164 Å². The first-order valence-electron chi connectivity index (χ1n) is 8.70. The van der Waals surface area contributed by atoms with E-state index in [1.165, 1.54) is 17.2 Å². The Kier molecular flexibility index (Phi) is 5.94. The van der Waals surface area contributed by atoms with Crippen LogP contribution in [0.2, 0.25) is 0 Å². The molecule has 0 saturated heterocycles. The lowest BCUT2D eigenvalue weighted by molar-refractivity contribution is 0.628. The molecule has 0 unspecified atom stereocenters. The fourth-order valence-corrected chi connectivity index (χ4v) is 2.91. The van der Waals surface area contributed by atoms with Crippen LogP contribution >= 0.6 is 12.2 Å². The lowest BCUT2D eigenvalue weighted by Crippen LogP contribution is -1.86. The number of isothiocyanates is 1. The molecule has 0 spiro atoms. The molecule has 3 rings (SSSR count). The van der Waals surface area contributed by atoms with Crippen molar-refractivity contribution in [1.29, 1.82) is 0 Å².